The van der Waals surface area contributed by atoms with Crippen molar-refractivity contribution in [1.29, 1.82) is 0 Å². The van der Waals surface area contributed by atoms with Gasteiger partial charge in [0.25, 0.3) is 5.92 Å². The van der Waals surface area contributed by atoms with Gasteiger partial charge in [-0.15, -0.1) is 5.10 Å². The molecule has 1 N–H and O–H groups in total. The molecule has 5 rings (SSSR count). The molecule has 1 amide bonds. The third-order valence-corrected chi connectivity index (χ3v) is 8.01. The SMILES string of the molecule is CN(C(=O)OCc1c(-c2ccc(O[C@H]3CCC[C@](C)(C(=O)O)C3)c(C3CC3)n2)nnn1C)C1CC(F)(F)C1. The Balaban J connectivity index is 1.30. The molecule has 12 heteroatoms. The Morgan fingerprint density at radius 1 is 1.21 bits per heavy atom. The number of alkyl halides is 2. The Labute approximate surface area is 219 Å². The standard InChI is InChI=1S/C26H33F2N5O5/c1-25(23(34)35)10-4-5-17(13-25)38-20-9-8-18(29-21(20)15-6-7-15)22-19(33(3)31-30-22)14-37-24(36)32(2)16-11-26(27,28)12-16/h8-9,15-17H,4-7,10-14H2,1-3H3,(H,34,35)/t17-,25-/m0/s1. The minimum atomic E-state index is -2.73. The Hall–Kier alpha value is -3.31. The number of aryl methyl sites for hydroxylation is 1. The van der Waals surface area contributed by atoms with E-state index in [9.17, 15) is 23.5 Å². The van der Waals surface area contributed by atoms with Crippen molar-refractivity contribution in [3.63, 3.8) is 0 Å². The highest BCUT2D eigenvalue weighted by Gasteiger charge is 2.48. The van der Waals surface area contributed by atoms with Crippen LogP contribution in [0.2, 0.25) is 0 Å². The van der Waals surface area contributed by atoms with Gasteiger partial charge in [-0.05, 0) is 51.2 Å². The first-order chi connectivity index (χ1) is 18.0. The van der Waals surface area contributed by atoms with Gasteiger partial charge in [0.1, 0.15) is 23.7 Å². The molecule has 10 nitrogen and oxygen atoms in total. The second-order valence-corrected chi connectivity index (χ2v) is 11.1. The second kappa shape index (κ2) is 9.77. The molecule has 0 bridgehead atoms. The van der Waals surface area contributed by atoms with Gasteiger partial charge in [-0.2, -0.15) is 0 Å². The van der Waals surface area contributed by atoms with Gasteiger partial charge in [0.15, 0.2) is 0 Å². The van der Waals surface area contributed by atoms with Gasteiger partial charge in [-0.1, -0.05) is 5.21 Å². The monoisotopic (exact) mass is 533 g/mol. The summed E-state index contributed by atoms with van der Waals surface area (Å²) in [6.45, 7) is 1.63. The van der Waals surface area contributed by atoms with Gasteiger partial charge >= 0.3 is 12.1 Å². The molecule has 0 spiro atoms. The highest BCUT2D eigenvalue weighted by atomic mass is 19.3. The molecule has 206 valence electrons. The number of halogens is 2. The number of amides is 1. The van der Waals surface area contributed by atoms with Crippen molar-refractivity contribution in [2.45, 2.75) is 88.9 Å². The molecule has 3 fully saturated rings. The van der Waals surface area contributed by atoms with Crippen LogP contribution < -0.4 is 4.74 Å². The summed E-state index contributed by atoms with van der Waals surface area (Å²) in [5.74, 6) is -2.61. The molecule has 2 aromatic rings. The van der Waals surface area contributed by atoms with Crippen LogP contribution in [0.25, 0.3) is 11.4 Å². The second-order valence-electron chi connectivity index (χ2n) is 11.1. The number of aliphatic carboxylic acids is 1. The lowest BCUT2D eigenvalue weighted by molar-refractivity contribution is -0.151. The lowest BCUT2D eigenvalue weighted by Gasteiger charge is -2.40. The largest absolute Gasteiger partial charge is 0.488 e. The van der Waals surface area contributed by atoms with Crippen molar-refractivity contribution >= 4 is 12.1 Å². The van der Waals surface area contributed by atoms with Crippen molar-refractivity contribution in [3.05, 3.63) is 23.5 Å². The fraction of sp³-hybridized carbons (Fsp3) is 0.654. The number of carboxylic acid groups (broad SMARTS) is 1. The first-order valence-electron chi connectivity index (χ1n) is 13.0. The molecule has 0 aromatic carbocycles. The minimum absolute atomic E-state index is 0.139. The van der Waals surface area contributed by atoms with E-state index in [0.29, 0.717) is 35.7 Å². The van der Waals surface area contributed by atoms with Crippen LogP contribution >= 0.6 is 0 Å². The minimum Gasteiger partial charge on any atom is -0.488 e. The molecule has 0 radical (unpaired) electrons. The molecule has 3 aliphatic carbocycles. The average molecular weight is 534 g/mol. The summed E-state index contributed by atoms with van der Waals surface area (Å²) in [7, 11) is 3.13. The van der Waals surface area contributed by atoms with Crippen LogP contribution in [0.3, 0.4) is 0 Å². The predicted octanol–water partition coefficient (Wildman–Crippen LogP) is 4.53. The molecule has 2 aromatic heterocycles. The van der Waals surface area contributed by atoms with Crippen LogP contribution in [0.15, 0.2) is 12.1 Å². The third-order valence-electron chi connectivity index (χ3n) is 8.01. The molecule has 0 unspecified atom stereocenters. The molecule has 2 atom stereocenters. The number of carboxylic acids is 1. The fourth-order valence-electron chi connectivity index (χ4n) is 5.27. The molecule has 38 heavy (non-hydrogen) atoms. The topological polar surface area (TPSA) is 120 Å². The maximum atomic E-state index is 13.2. The summed E-state index contributed by atoms with van der Waals surface area (Å²) in [5, 5.41) is 18.0. The number of ether oxygens (including phenoxy) is 2. The van der Waals surface area contributed by atoms with Crippen molar-refractivity contribution in [3.8, 4) is 17.1 Å². The number of rotatable bonds is 8. The normalized spacial score (nSPS) is 24.9. The highest BCUT2D eigenvalue weighted by molar-refractivity contribution is 5.74. The van der Waals surface area contributed by atoms with Gasteiger partial charge in [0.2, 0.25) is 0 Å². The van der Waals surface area contributed by atoms with E-state index in [1.807, 2.05) is 6.07 Å². The van der Waals surface area contributed by atoms with Crippen molar-refractivity contribution in [2.75, 3.05) is 7.05 Å². The average Bonchev–Trinajstić information content (AvgIpc) is 3.63. The van der Waals surface area contributed by atoms with Gasteiger partial charge in [-0.25, -0.2) is 23.2 Å². The van der Waals surface area contributed by atoms with Gasteiger partial charge in [-0.3, -0.25) is 4.79 Å². The van der Waals surface area contributed by atoms with Gasteiger partial charge < -0.3 is 19.5 Å². The summed E-state index contributed by atoms with van der Waals surface area (Å²) in [6.07, 6.45) is 3.02. The Kier molecular flexibility index (Phi) is 6.77. The first-order valence-corrected chi connectivity index (χ1v) is 13.0. The summed E-state index contributed by atoms with van der Waals surface area (Å²) in [6, 6.07) is 3.07. The lowest BCUT2D eigenvalue weighted by atomic mass is 9.74. The quantitative estimate of drug-likeness (QED) is 0.526. The van der Waals surface area contributed by atoms with Crippen LogP contribution in [-0.2, 0) is 23.2 Å². The van der Waals surface area contributed by atoms with Gasteiger partial charge in [0.05, 0.1) is 22.9 Å². The molecule has 2 heterocycles. The Morgan fingerprint density at radius 3 is 2.61 bits per heavy atom. The van der Waals surface area contributed by atoms with E-state index in [2.05, 4.69) is 10.3 Å². The van der Waals surface area contributed by atoms with Crippen LogP contribution in [0.5, 0.6) is 5.75 Å². The number of nitrogens with zero attached hydrogens (tertiary/aromatic N) is 5. The predicted molar refractivity (Wildman–Crippen MR) is 131 cm³/mol. The number of aromatic nitrogens is 4. The Morgan fingerprint density at radius 2 is 1.95 bits per heavy atom. The van der Waals surface area contributed by atoms with Crippen LogP contribution in [0.4, 0.5) is 13.6 Å². The van der Waals surface area contributed by atoms with E-state index in [0.717, 1.165) is 31.4 Å². The zero-order valence-corrected chi connectivity index (χ0v) is 21.8. The van der Waals surface area contributed by atoms with Crippen molar-refractivity contribution in [2.24, 2.45) is 12.5 Å². The van der Waals surface area contributed by atoms with Gasteiger partial charge in [0, 0.05) is 45.3 Å². The maximum Gasteiger partial charge on any atom is 0.410 e. The molecular formula is C26H33F2N5O5. The van der Waals surface area contributed by atoms with Crippen molar-refractivity contribution in [1.82, 2.24) is 24.9 Å². The molecule has 0 saturated heterocycles. The number of hydrogen-bond donors (Lipinski definition) is 1. The first kappa shape index (κ1) is 26.3. The van der Waals surface area contributed by atoms with E-state index in [-0.39, 0.29) is 31.5 Å². The zero-order valence-electron chi connectivity index (χ0n) is 21.8. The van der Waals surface area contributed by atoms with Crippen molar-refractivity contribution < 1.29 is 33.0 Å². The number of carbonyl (C=O) groups excluding carboxylic acids is 1. The van der Waals surface area contributed by atoms with Crippen LogP contribution in [0, 0.1) is 5.41 Å². The molecular weight excluding hydrogens is 500 g/mol. The third kappa shape index (κ3) is 5.30. The summed E-state index contributed by atoms with van der Waals surface area (Å²) in [4.78, 5) is 30.3. The maximum absolute atomic E-state index is 13.2. The highest BCUT2D eigenvalue weighted by Crippen LogP contribution is 2.46. The van der Waals surface area contributed by atoms with E-state index in [1.54, 1.807) is 20.0 Å². The molecule has 0 aliphatic heterocycles. The number of hydrogen-bond acceptors (Lipinski definition) is 7. The van der Waals surface area contributed by atoms with E-state index in [1.165, 1.54) is 16.6 Å². The number of carbonyl (C=O) groups is 2. The lowest BCUT2D eigenvalue weighted by Crippen LogP contribution is -2.51. The fourth-order valence-corrected chi connectivity index (χ4v) is 5.27. The smallest absolute Gasteiger partial charge is 0.410 e. The van der Waals surface area contributed by atoms with E-state index in [4.69, 9.17) is 14.5 Å². The van der Waals surface area contributed by atoms with Crippen LogP contribution in [-0.4, -0.2) is 67.2 Å². The number of pyridine rings is 1. The van der Waals surface area contributed by atoms with E-state index >= 15 is 0 Å². The molecule has 3 aliphatic rings. The summed E-state index contributed by atoms with van der Waals surface area (Å²) < 4.78 is 39.6. The zero-order chi connectivity index (χ0) is 27.2. The Bertz CT molecular complexity index is 1220. The molecule has 3 saturated carbocycles. The summed E-state index contributed by atoms with van der Waals surface area (Å²) >= 11 is 0. The summed E-state index contributed by atoms with van der Waals surface area (Å²) in [5.41, 5.74) is 1.56. The van der Waals surface area contributed by atoms with E-state index < -0.39 is 29.4 Å². The van der Waals surface area contributed by atoms with Crippen LogP contribution in [0.1, 0.15) is 75.6 Å².